The van der Waals surface area contributed by atoms with Crippen LogP contribution < -0.4 is 5.56 Å². The predicted octanol–water partition coefficient (Wildman–Crippen LogP) is 1.24. The van der Waals surface area contributed by atoms with Crippen LogP contribution >= 0.6 is 0 Å². The van der Waals surface area contributed by atoms with Gasteiger partial charge in [0.2, 0.25) is 0 Å². The number of aromatic amines is 1. The third-order valence-corrected chi connectivity index (χ3v) is 2.54. The average molecular weight is 281 g/mol. The molecular formula is C13H19N3O4. The number of fused-ring (bicyclic) bond motifs is 1. The SMILES string of the molecule is CC.O=C(O)CCOCCn1ccc2c(=O)[nH]ncc21. The zero-order chi connectivity index (χ0) is 15.0. The fourth-order valence-corrected chi connectivity index (χ4v) is 1.65. The molecule has 0 unspecified atom stereocenters. The van der Waals surface area contributed by atoms with Crippen LogP contribution in [-0.4, -0.2) is 39.1 Å². The Morgan fingerprint density at radius 2 is 2.20 bits per heavy atom. The molecule has 0 bridgehead atoms. The Labute approximate surface area is 116 Å². The molecule has 0 aromatic carbocycles. The summed E-state index contributed by atoms with van der Waals surface area (Å²) in [4.78, 5) is 21.7. The molecule has 2 N–H and O–H groups in total. The Kier molecular flexibility index (Phi) is 6.45. The van der Waals surface area contributed by atoms with Crippen molar-refractivity contribution in [2.75, 3.05) is 13.2 Å². The lowest BCUT2D eigenvalue weighted by molar-refractivity contribution is -0.138. The number of H-pyrrole nitrogens is 1. The smallest absolute Gasteiger partial charge is 0.305 e. The number of carboxylic acids is 1. The van der Waals surface area contributed by atoms with E-state index in [0.717, 1.165) is 5.52 Å². The van der Waals surface area contributed by atoms with Crippen molar-refractivity contribution in [1.82, 2.24) is 14.8 Å². The van der Waals surface area contributed by atoms with E-state index in [4.69, 9.17) is 9.84 Å². The molecule has 7 nitrogen and oxygen atoms in total. The minimum atomic E-state index is -0.878. The third-order valence-electron chi connectivity index (χ3n) is 2.54. The molecular weight excluding hydrogens is 262 g/mol. The molecule has 0 spiro atoms. The summed E-state index contributed by atoms with van der Waals surface area (Å²) in [5.74, 6) is -0.878. The zero-order valence-corrected chi connectivity index (χ0v) is 11.6. The summed E-state index contributed by atoms with van der Waals surface area (Å²) < 4.78 is 7.03. The van der Waals surface area contributed by atoms with Crippen molar-refractivity contribution in [3.63, 3.8) is 0 Å². The van der Waals surface area contributed by atoms with Crippen LogP contribution in [0.2, 0.25) is 0 Å². The van der Waals surface area contributed by atoms with E-state index in [1.54, 1.807) is 18.5 Å². The molecule has 2 rings (SSSR count). The first-order valence-electron chi connectivity index (χ1n) is 6.50. The highest BCUT2D eigenvalue weighted by Gasteiger charge is 2.04. The number of nitrogens with zero attached hydrogens (tertiary/aromatic N) is 2. The normalized spacial score (nSPS) is 10.1. The second kappa shape index (κ2) is 8.11. The number of aliphatic carboxylic acids is 1. The second-order valence-corrected chi connectivity index (χ2v) is 3.76. The fraction of sp³-hybridized carbons (Fsp3) is 0.462. The van der Waals surface area contributed by atoms with Crippen molar-refractivity contribution in [3.05, 3.63) is 28.8 Å². The Bertz CT molecular complexity index is 603. The summed E-state index contributed by atoms with van der Waals surface area (Å²) in [7, 11) is 0. The van der Waals surface area contributed by atoms with Crippen molar-refractivity contribution in [3.8, 4) is 0 Å². The summed E-state index contributed by atoms with van der Waals surface area (Å²) in [6, 6.07) is 1.72. The monoisotopic (exact) mass is 281 g/mol. The minimum absolute atomic E-state index is 0.00630. The van der Waals surface area contributed by atoms with Gasteiger partial charge < -0.3 is 14.4 Å². The van der Waals surface area contributed by atoms with Crippen LogP contribution in [-0.2, 0) is 16.1 Å². The van der Waals surface area contributed by atoms with Gasteiger partial charge in [0.1, 0.15) is 0 Å². The Morgan fingerprint density at radius 3 is 2.90 bits per heavy atom. The van der Waals surface area contributed by atoms with Gasteiger partial charge in [-0.2, -0.15) is 5.10 Å². The fourth-order valence-electron chi connectivity index (χ4n) is 1.65. The van der Waals surface area contributed by atoms with Gasteiger partial charge in [-0.05, 0) is 6.07 Å². The first-order valence-corrected chi connectivity index (χ1v) is 6.50. The van der Waals surface area contributed by atoms with Gasteiger partial charge in [-0.1, -0.05) is 13.8 Å². The highest BCUT2D eigenvalue weighted by molar-refractivity contribution is 5.77. The van der Waals surface area contributed by atoms with Crippen molar-refractivity contribution < 1.29 is 14.6 Å². The molecule has 0 atom stereocenters. The van der Waals surface area contributed by atoms with Gasteiger partial charge in [0.05, 0.1) is 36.7 Å². The number of rotatable bonds is 6. The maximum absolute atomic E-state index is 11.4. The maximum atomic E-state index is 11.4. The molecule has 0 aliphatic carbocycles. The zero-order valence-electron chi connectivity index (χ0n) is 11.6. The number of hydrogen-bond donors (Lipinski definition) is 2. The maximum Gasteiger partial charge on any atom is 0.305 e. The molecule has 2 aromatic heterocycles. The second-order valence-electron chi connectivity index (χ2n) is 3.76. The molecule has 2 heterocycles. The summed E-state index contributed by atoms with van der Waals surface area (Å²) in [5, 5.41) is 15.1. The van der Waals surface area contributed by atoms with Crippen molar-refractivity contribution in [2.24, 2.45) is 0 Å². The Morgan fingerprint density at radius 1 is 1.45 bits per heavy atom. The number of ether oxygens (including phenoxy) is 1. The van der Waals surface area contributed by atoms with Crippen LogP contribution in [0.15, 0.2) is 23.3 Å². The Balaban J connectivity index is 0.000000956. The third kappa shape index (κ3) is 4.20. The molecule has 0 aliphatic heterocycles. The average Bonchev–Trinajstić information content (AvgIpc) is 2.85. The number of nitrogens with one attached hydrogen (secondary N) is 1. The van der Waals surface area contributed by atoms with Crippen LogP contribution in [0, 0.1) is 0 Å². The van der Waals surface area contributed by atoms with Gasteiger partial charge >= 0.3 is 5.97 Å². The molecule has 0 radical (unpaired) electrons. The molecule has 0 saturated heterocycles. The lowest BCUT2D eigenvalue weighted by Gasteiger charge is -2.05. The molecule has 20 heavy (non-hydrogen) atoms. The first-order chi connectivity index (χ1) is 9.68. The van der Waals surface area contributed by atoms with Gasteiger partial charge in [0, 0.05) is 12.7 Å². The van der Waals surface area contributed by atoms with E-state index < -0.39 is 5.97 Å². The largest absolute Gasteiger partial charge is 0.481 e. The molecule has 0 saturated carbocycles. The van der Waals surface area contributed by atoms with E-state index in [9.17, 15) is 9.59 Å². The predicted molar refractivity (Wildman–Crippen MR) is 74.8 cm³/mol. The lowest BCUT2D eigenvalue weighted by Crippen LogP contribution is -2.10. The summed E-state index contributed by atoms with van der Waals surface area (Å²) in [6.07, 6.45) is 3.35. The molecule has 2 aromatic rings. The van der Waals surface area contributed by atoms with E-state index in [-0.39, 0.29) is 18.6 Å². The molecule has 0 aliphatic rings. The van der Waals surface area contributed by atoms with Crippen LogP contribution in [0.3, 0.4) is 0 Å². The van der Waals surface area contributed by atoms with Gasteiger partial charge in [0.15, 0.2) is 0 Å². The van der Waals surface area contributed by atoms with E-state index in [0.29, 0.717) is 18.5 Å². The Hall–Kier alpha value is -2.15. The number of carboxylic acid groups (broad SMARTS) is 1. The van der Waals surface area contributed by atoms with Crippen LogP contribution in [0.5, 0.6) is 0 Å². The molecule has 7 heteroatoms. The number of hydrogen-bond acceptors (Lipinski definition) is 4. The van der Waals surface area contributed by atoms with Gasteiger partial charge in [-0.15, -0.1) is 0 Å². The summed E-state index contributed by atoms with van der Waals surface area (Å²) in [5.41, 5.74) is 0.513. The highest BCUT2D eigenvalue weighted by atomic mass is 16.5. The van der Waals surface area contributed by atoms with Crippen molar-refractivity contribution in [1.29, 1.82) is 0 Å². The van der Waals surface area contributed by atoms with Crippen molar-refractivity contribution in [2.45, 2.75) is 26.8 Å². The molecule has 0 fully saturated rings. The molecule has 0 amide bonds. The standard InChI is InChI=1S/C11H13N3O4.C2H6/c15-10(16)2-5-18-6-4-14-3-1-8-9(14)7-12-13-11(8)17;1-2/h1,3,7H,2,4-6H2,(H,13,17)(H,15,16);1-2H3. The topological polar surface area (TPSA) is 97.2 Å². The van der Waals surface area contributed by atoms with Crippen molar-refractivity contribution >= 4 is 16.9 Å². The van der Waals surface area contributed by atoms with Gasteiger partial charge in [0.25, 0.3) is 5.56 Å². The number of carbonyl (C=O) groups is 1. The lowest BCUT2D eigenvalue weighted by atomic mass is 10.4. The molecule has 110 valence electrons. The number of aromatic nitrogens is 3. The van der Waals surface area contributed by atoms with Gasteiger partial charge in [-0.25, -0.2) is 5.10 Å². The van der Waals surface area contributed by atoms with E-state index in [2.05, 4.69) is 10.2 Å². The van der Waals surface area contributed by atoms with E-state index in [1.807, 2.05) is 18.4 Å². The van der Waals surface area contributed by atoms with Crippen LogP contribution in [0.25, 0.3) is 10.9 Å². The van der Waals surface area contributed by atoms with E-state index >= 15 is 0 Å². The quantitative estimate of drug-likeness (QED) is 0.776. The summed E-state index contributed by atoms with van der Waals surface area (Å²) >= 11 is 0. The van der Waals surface area contributed by atoms with Crippen LogP contribution in [0.1, 0.15) is 20.3 Å². The summed E-state index contributed by atoms with van der Waals surface area (Å²) in [6.45, 7) is 5.13. The van der Waals surface area contributed by atoms with Crippen LogP contribution in [0.4, 0.5) is 0 Å². The highest BCUT2D eigenvalue weighted by Crippen LogP contribution is 2.09. The van der Waals surface area contributed by atoms with Gasteiger partial charge in [-0.3, -0.25) is 9.59 Å². The first kappa shape index (κ1) is 15.9. The minimum Gasteiger partial charge on any atom is -0.481 e. The van der Waals surface area contributed by atoms with E-state index in [1.165, 1.54) is 0 Å².